The maximum atomic E-state index is 12.8. The quantitative estimate of drug-likeness (QED) is 0.658. The Hall–Kier alpha value is -1.41. The van der Waals surface area contributed by atoms with Crippen molar-refractivity contribution in [3.63, 3.8) is 0 Å². The maximum Gasteiger partial charge on any atom is 0.416 e. The third-order valence-corrected chi connectivity index (χ3v) is 3.04. The average Bonchev–Trinajstić information content (AvgIpc) is 2.23. The topological polar surface area (TPSA) is 0 Å². The minimum Gasteiger partial charge on any atom is -0.169 e. The predicted octanol–water partition coefficient (Wildman–Crippen LogP) is 5.17. The summed E-state index contributed by atoms with van der Waals surface area (Å²) in [6.45, 7) is 1.40. The van der Waals surface area contributed by atoms with Crippen molar-refractivity contribution in [3.05, 3.63) is 35.4 Å². The third kappa shape index (κ3) is 2.69. The second-order valence-corrected chi connectivity index (χ2v) is 4.30. The highest BCUT2D eigenvalue weighted by Crippen LogP contribution is 2.60. The van der Waals surface area contributed by atoms with Crippen molar-refractivity contribution in [2.45, 2.75) is 37.3 Å². The SMILES string of the molecule is CCc1cccc(C(C(F)(F)F)(C(F)(F)F)C(F)(F)F)c1. The van der Waals surface area contributed by atoms with Crippen molar-refractivity contribution in [1.82, 2.24) is 0 Å². The van der Waals surface area contributed by atoms with E-state index in [9.17, 15) is 39.5 Å². The van der Waals surface area contributed by atoms with E-state index < -0.39 is 29.5 Å². The lowest BCUT2D eigenvalue weighted by atomic mass is 9.77. The molecule has 0 nitrogen and oxygen atoms in total. The van der Waals surface area contributed by atoms with Gasteiger partial charge in [0.2, 0.25) is 0 Å². The molecule has 120 valence electrons. The highest BCUT2D eigenvalue weighted by Gasteiger charge is 2.84. The molecule has 0 fully saturated rings. The van der Waals surface area contributed by atoms with Crippen molar-refractivity contribution in [1.29, 1.82) is 0 Å². The van der Waals surface area contributed by atoms with Crippen LogP contribution in [0.4, 0.5) is 39.5 Å². The highest BCUT2D eigenvalue weighted by molar-refractivity contribution is 5.36. The van der Waals surface area contributed by atoms with Crippen LogP contribution in [0.5, 0.6) is 0 Å². The summed E-state index contributed by atoms with van der Waals surface area (Å²) >= 11 is 0. The van der Waals surface area contributed by atoms with E-state index in [-0.39, 0.29) is 24.1 Å². The number of aryl methyl sites for hydroxylation is 1. The first-order valence-corrected chi connectivity index (χ1v) is 5.58. The molecule has 0 saturated carbocycles. The molecule has 0 aliphatic heterocycles. The van der Waals surface area contributed by atoms with Gasteiger partial charge < -0.3 is 0 Å². The summed E-state index contributed by atoms with van der Waals surface area (Å²) in [6.07, 6.45) is -19.7. The average molecular weight is 324 g/mol. The van der Waals surface area contributed by atoms with Gasteiger partial charge in [0.25, 0.3) is 5.41 Å². The zero-order valence-corrected chi connectivity index (χ0v) is 10.4. The molecule has 1 rings (SSSR count). The van der Waals surface area contributed by atoms with E-state index in [0.717, 1.165) is 12.1 Å². The van der Waals surface area contributed by atoms with E-state index >= 15 is 0 Å². The molecule has 0 radical (unpaired) electrons. The summed E-state index contributed by atoms with van der Waals surface area (Å²) < 4.78 is 116. The first kappa shape index (κ1) is 17.6. The first-order valence-electron chi connectivity index (χ1n) is 5.58. The largest absolute Gasteiger partial charge is 0.416 e. The number of hydrogen-bond acceptors (Lipinski definition) is 0. The van der Waals surface area contributed by atoms with Gasteiger partial charge in [-0.2, -0.15) is 39.5 Å². The fraction of sp³-hybridized carbons (Fsp3) is 0.500. The molecular formula is C12H9F9. The normalized spacial score (nSPS) is 14.4. The Morgan fingerprint density at radius 3 is 1.52 bits per heavy atom. The maximum absolute atomic E-state index is 12.8. The monoisotopic (exact) mass is 324 g/mol. The molecule has 0 spiro atoms. The van der Waals surface area contributed by atoms with Crippen LogP contribution in [0.25, 0.3) is 0 Å². The third-order valence-electron chi connectivity index (χ3n) is 3.04. The van der Waals surface area contributed by atoms with E-state index in [1.165, 1.54) is 6.92 Å². The van der Waals surface area contributed by atoms with E-state index in [1.54, 1.807) is 0 Å². The molecule has 1 aromatic carbocycles. The van der Waals surface area contributed by atoms with Crippen molar-refractivity contribution >= 4 is 0 Å². The Bertz CT molecular complexity index is 457. The van der Waals surface area contributed by atoms with Crippen LogP contribution in [0.2, 0.25) is 0 Å². The highest BCUT2D eigenvalue weighted by atomic mass is 19.4. The minimum atomic E-state index is -6.57. The van der Waals surface area contributed by atoms with Gasteiger partial charge in [0.1, 0.15) is 0 Å². The fourth-order valence-electron chi connectivity index (χ4n) is 2.00. The smallest absolute Gasteiger partial charge is 0.169 e. The van der Waals surface area contributed by atoms with Crippen molar-refractivity contribution in [2.24, 2.45) is 0 Å². The Morgan fingerprint density at radius 2 is 1.19 bits per heavy atom. The predicted molar refractivity (Wildman–Crippen MR) is 55.7 cm³/mol. The zero-order valence-electron chi connectivity index (χ0n) is 10.4. The molecule has 0 saturated heterocycles. The van der Waals surface area contributed by atoms with E-state index in [1.807, 2.05) is 0 Å². The molecule has 0 aliphatic carbocycles. The standard InChI is InChI=1S/C12H9F9/c1-2-7-4-3-5-8(6-7)9(10(13,14)15,11(16,17)18)12(19,20)21/h3-6H,2H2,1H3. The molecule has 0 bridgehead atoms. The van der Waals surface area contributed by atoms with Gasteiger partial charge in [-0.3, -0.25) is 0 Å². The summed E-state index contributed by atoms with van der Waals surface area (Å²) in [5, 5.41) is 0. The molecule has 21 heavy (non-hydrogen) atoms. The molecule has 0 aliphatic rings. The number of halogens is 9. The second kappa shape index (κ2) is 5.10. The Morgan fingerprint density at radius 1 is 0.762 bits per heavy atom. The molecule has 9 heteroatoms. The number of benzene rings is 1. The van der Waals surface area contributed by atoms with Gasteiger partial charge in [0, 0.05) is 0 Å². The lowest BCUT2D eigenvalue weighted by Crippen LogP contribution is -2.63. The van der Waals surface area contributed by atoms with Gasteiger partial charge in [-0.05, 0) is 17.5 Å². The molecule has 0 heterocycles. The van der Waals surface area contributed by atoms with Gasteiger partial charge in [-0.15, -0.1) is 0 Å². The summed E-state index contributed by atoms with van der Waals surface area (Å²) in [4.78, 5) is 0. The van der Waals surface area contributed by atoms with Crippen molar-refractivity contribution < 1.29 is 39.5 Å². The van der Waals surface area contributed by atoms with Crippen LogP contribution in [0.3, 0.4) is 0 Å². The summed E-state index contributed by atoms with van der Waals surface area (Å²) in [6, 6.07) is 2.37. The Labute approximate surface area is 113 Å². The molecule has 0 amide bonds. The van der Waals surface area contributed by atoms with E-state index in [4.69, 9.17) is 0 Å². The van der Waals surface area contributed by atoms with Gasteiger partial charge >= 0.3 is 18.5 Å². The number of alkyl halides is 9. The van der Waals surface area contributed by atoms with Crippen LogP contribution in [-0.2, 0) is 11.8 Å². The second-order valence-electron chi connectivity index (χ2n) is 4.30. The lowest BCUT2D eigenvalue weighted by Gasteiger charge is -2.39. The van der Waals surface area contributed by atoms with Crippen molar-refractivity contribution in [2.75, 3.05) is 0 Å². The van der Waals surface area contributed by atoms with Crippen LogP contribution in [0, 0.1) is 0 Å². The molecule has 0 aromatic heterocycles. The van der Waals surface area contributed by atoms with E-state index in [2.05, 4.69) is 0 Å². The minimum absolute atomic E-state index is 0.00249. The summed E-state index contributed by atoms with van der Waals surface area (Å²) in [5.74, 6) is 0. The van der Waals surface area contributed by atoms with Gasteiger partial charge in [0.15, 0.2) is 0 Å². The fourth-order valence-corrected chi connectivity index (χ4v) is 2.00. The number of rotatable bonds is 2. The molecule has 0 unspecified atom stereocenters. The van der Waals surface area contributed by atoms with Crippen LogP contribution in [-0.4, -0.2) is 18.5 Å². The van der Waals surface area contributed by atoms with Gasteiger partial charge in [0.05, 0.1) is 0 Å². The van der Waals surface area contributed by atoms with Crippen LogP contribution in [0.15, 0.2) is 24.3 Å². The zero-order chi connectivity index (χ0) is 16.7. The van der Waals surface area contributed by atoms with Gasteiger partial charge in [-0.25, -0.2) is 0 Å². The number of hydrogen-bond donors (Lipinski definition) is 0. The van der Waals surface area contributed by atoms with Crippen LogP contribution < -0.4 is 0 Å². The van der Waals surface area contributed by atoms with Gasteiger partial charge in [-0.1, -0.05) is 31.2 Å². The molecule has 1 aromatic rings. The summed E-state index contributed by atoms with van der Waals surface area (Å²) in [5.41, 5.74) is -7.85. The Kier molecular flexibility index (Phi) is 4.28. The van der Waals surface area contributed by atoms with E-state index in [0.29, 0.717) is 0 Å². The molecule has 0 N–H and O–H groups in total. The molecular weight excluding hydrogens is 315 g/mol. The van der Waals surface area contributed by atoms with Crippen molar-refractivity contribution in [3.8, 4) is 0 Å². The van der Waals surface area contributed by atoms with Crippen LogP contribution >= 0.6 is 0 Å². The summed E-state index contributed by atoms with van der Waals surface area (Å²) in [7, 11) is 0. The first-order chi connectivity index (χ1) is 9.29. The Balaban J connectivity index is 3.81. The lowest BCUT2D eigenvalue weighted by molar-refractivity contribution is -0.387. The molecule has 0 atom stereocenters. The van der Waals surface area contributed by atoms with Crippen LogP contribution in [0.1, 0.15) is 18.1 Å².